The third-order valence-electron chi connectivity index (χ3n) is 5.12. The molecule has 2 aromatic rings. The van der Waals surface area contributed by atoms with Crippen LogP contribution in [-0.4, -0.2) is 44.2 Å². The summed E-state index contributed by atoms with van der Waals surface area (Å²) in [7, 11) is 3.09. The van der Waals surface area contributed by atoms with E-state index >= 15 is 0 Å². The lowest BCUT2D eigenvalue weighted by molar-refractivity contribution is -0.384. The van der Waals surface area contributed by atoms with Crippen molar-refractivity contribution in [1.29, 1.82) is 0 Å². The van der Waals surface area contributed by atoms with E-state index in [1.165, 1.54) is 17.0 Å². The lowest BCUT2D eigenvalue weighted by atomic mass is 10.0. The van der Waals surface area contributed by atoms with Crippen molar-refractivity contribution in [2.45, 2.75) is 25.7 Å². The molecule has 0 unspecified atom stereocenters. The molecular formula is C22H24N2O7. The molecule has 0 aliphatic carbocycles. The van der Waals surface area contributed by atoms with Gasteiger partial charge in [-0.15, -0.1) is 0 Å². The smallest absolute Gasteiger partial charge is 0.306 e. The first-order chi connectivity index (χ1) is 14.9. The minimum absolute atomic E-state index is 0.00496. The summed E-state index contributed by atoms with van der Waals surface area (Å²) in [5.74, 6) is 0.345. The fourth-order valence-electron chi connectivity index (χ4n) is 3.53. The Kier molecular flexibility index (Phi) is 7.07. The molecule has 1 aliphatic heterocycles. The van der Waals surface area contributed by atoms with E-state index in [1.54, 1.807) is 32.4 Å². The number of nitro benzene ring substituents is 1. The minimum atomic E-state index is -0.482. The molecular weight excluding hydrogens is 404 g/mol. The average molecular weight is 428 g/mol. The van der Waals surface area contributed by atoms with E-state index in [-0.39, 0.29) is 24.6 Å². The van der Waals surface area contributed by atoms with Crippen LogP contribution in [0.5, 0.6) is 11.5 Å². The van der Waals surface area contributed by atoms with Crippen molar-refractivity contribution < 1.29 is 28.7 Å². The number of non-ortho nitro benzene ring substituents is 1. The Hall–Kier alpha value is -3.62. The van der Waals surface area contributed by atoms with E-state index in [1.807, 2.05) is 6.07 Å². The molecule has 0 aromatic heterocycles. The van der Waals surface area contributed by atoms with Crippen LogP contribution in [0.3, 0.4) is 0 Å². The van der Waals surface area contributed by atoms with Gasteiger partial charge in [-0.1, -0.05) is 6.07 Å². The first-order valence-electron chi connectivity index (χ1n) is 9.87. The van der Waals surface area contributed by atoms with Gasteiger partial charge in [0.05, 0.1) is 19.1 Å². The first-order valence-corrected chi connectivity index (χ1v) is 9.87. The first kappa shape index (κ1) is 22.1. The maximum Gasteiger partial charge on any atom is 0.306 e. The number of benzene rings is 2. The van der Waals surface area contributed by atoms with Gasteiger partial charge in [0.25, 0.3) is 11.6 Å². The zero-order valence-electron chi connectivity index (χ0n) is 17.5. The van der Waals surface area contributed by atoms with Crippen LogP contribution in [0.2, 0.25) is 0 Å². The summed E-state index contributed by atoms with van der Waals surface area (Å²) in [5, 5.41) is 11.0. The molecule has 0 spiro atoms. The number of aryl methyl sites for hydroxylation is 2. The number of hydrogen-bond acceptors (Lipinski definition) is 7. The van der Waals surface area contributed by atoms with Gasteiger partial charge in [-0.3, -0.25) is 19.7 Å². The van der Waals surface area contributed by atoms with Gasteiger partial charge in [0.1, 0.15) is 0 Å². The Balaban J connectivity index is 1.54. The summed E-state index contributed by atoms with van der Waals surface area (Å²) >= 11 is 0. The highest BCUT2D eigenvalue weighted by atomic mass is 16.6. The van der Waals surface area contributed by atoms with Crippen LogP contribution in [0.1, 0.15) is 24.0 Å². The summed E-state index contributed by atoms with van der Waals surface area (Å²) in [4.78, 5) is 36.7. The number of carbonyl (C=O) groups excluding carboxylic acids is 2. The predicted molar refractivity (Wildman–Crippen MR) is 113 cm³/mol. The van der Waals surface area contributed by atoms with Gasteiger partial charge in [0.2, 0.25) is 0 Å². The van der Waals surface area contributed by atoms with Gasteiger partial charge in [-0.05, 0) is 48.6 Å². The Morgan fingerprint density at radius 2 is 1.87 bits per heavy atom. The fourth-order valence-corrected chi connectivity index (χ4v) is 3.53. The molecule has 1 aliphatic rings. The summed E-state index contributed by atoms with van der Waals surface area (Å²) in [6.45, 7) is 0.105. The Bertz CT molecular complexity index is 990. The molecule has 1 heterocycles. The summed E-state index contributed by atoms with van der Waals surface area (Å²) < 4.78 is 15.6. The standard InChI is InChI=1S/C22H24N2O7/c1-29-19-9-5-15(12-20(19)30-2)6-10-22(26)31-14-21(25)23-11-3-4-16-13-17(24(27)28)7-8-18(16)23/h5,7-9,12-13H,3-4,6,10-11,14H2,1-2H3. The minimum Gasteiger partial charge on any atom is -0.493 e. The molecule has 0 bridgehead atoms. The number of esters is 1. The van der Waals surface area contributed by atoms with Gasteiger partial charge >= 0.3 is 5.97 Å². The predicted octanol–water partition coefficient (Wildman–Crippen LogP) is 3.07. The highest BCUT2D eigenvalue weighted by molar-refractivity contribution is 5.96. The van der Waals surface area contributed by atoms with Crippen molar-refractivity contribution in [3.63, 3.8) is 0 Å². The number of fused-ring (bicyclic) bond motifs is 1. The molecule has 9 heteroatoms. The molecule has 3 rings (SSSR count). The van der Waals surface area contributed by atoms with Crippen LogP contribution >= 0.6 is 0 Å². The van der Waals surface area contributed by atoms with Crippen LogP contribution < -0.4 is 14.4 Å². The molecule has 0 N–H and O–H groups in total. The van der Waals surface area contributed by atoms with E-state index in [0.29, 0.717) is 43.0 Å². The lowest BCUT2D eigenvalue weighted by Crippen LogP contribution is -2.38. The van der Waals surface area contributed by atoms with Crippen molar-refractivity contribution in [2.24, 2.45) is 0 Å². The van der Waals surface area contributed by atoms with Crippen LogP contribution in [0.25, 0.3) is 0 Å². The number of hydrogen-bond donors (Lipinski definition) is 0. The molecule has 0 saturated heterocycles. The molecule has 0 fully saturated rings. The van der Waals surface area contributed by atoms with Crippen molar-refractivity contribution >= 4 is 23.3 Å². The number of nitrogens with zero attached hydrogens (tertiary/aromatic N) is 2. The summed E-state index contributed by atoms with van der Waals surface area (Å²) in [5.41, 5.74) is 2.25. The number of ether oxygens (including phenoxy) is 3. The second-order valence-electron chi connectivity index (χ2n) is 7.07. The Labute approximate surface area is 179 Å². The largest absolute Gasteiger partial charge is 0.493 e. The number of methoxy groups -OCH3 is 2. The van der Waals surface area contributed by atoms with Gasteiger partial charge in [0.15, 0.2) is 18.1 Å². The molecule has 2 aromatic carbocycles. The third kappa shape index (κ3) is 5.30. The third-order valence-corrected chi connectivity index (χ3v) is 5.12. The highest BCUT2D eigenvalue weighted by Crippen LogP contribution is 2.31. The van der Waals surface area contributed by atoms with E-state index < -0.39 is 10.9 Å². The average Bonchev–Trinajstić information content (AvgIpc) is 2.79. The summed E-state index contributed by atoms with van der Waals surface area (Å²) in [6.07, 6.45) is 1.90. The summed E-state index contributed by atoms with van der Waals surface area (Å²) in [6, 6.07) is 9.83. The van der Waals surface area contributed by atoms with Gasteiger partial charge in [-0.25, -0.2) is 0 Å². The molecule has 9 nitrogen and oxygen atoms in total. The Morgan fingerprint density at radius 1 is 1.10 bits per heavy atom. The number of rotatable bonds is 8. The quantitative estimate of drug-likeness (QED) is 0.361. The van der Waals surface area contributed by atoms with E-state index in [0.717, 1.165) is 11.1 Å². The molecule has 0 saturated carbocycles. The zero-order chi connectivity index (χ0) is 22.4. The number of anilines is 1. The van der Waals surface area contributed by atoms with Crippen LogP contribution in [0.4, 0.5) is 11.4 Å². The lowest BCUT2D eigenvalue weighted by Gasteiger charge is -2.29. The molecule has 164 valence electrons. The molecule has 0 radical (unpaired) electrons. The van der Waals surface area contributed by atoms with Crippen molar-refractivity contribution in [3.05, 3.63) is 57.6 Å². The molecule has 31 heavy (non-hydrogen) atoms. The Morgan fingerprint density at radius 3 is 2.58 bits per heavy atom. The zero-order valence-corrected chi connectivity index (χ0v) is 17.5. The molecule has 1 amide bonds. The van der Waals surface area contributed by atoms with E-state index in [9.17, 15) is 19.7 Å². The number of nitro groups is 1. The normalized spacial score (nSPS) is 12.6. The SMILES string of the molecule is COc1ccc(CCC(=O)OCC(=O)N2CCCc3cc([N+](=O)[O-])ccc32)cc1OC. The van der Waals surface area contributed by atoms with Crippen LogP contribution in [-0.2, 0) is 27.2 Å². The van der Waals surface area contributed by atoms with Gasteiger partial charge in [0, 0.05) is 30.8 Å². The van der Waals surface area contributed by atoms with E-state index in [2.05, 4.69) is 0 Å². The van der Waals surface area contributed by atoms with Crippen molar-refractivity contribution in [2.75, 3.05) is 32.3 Å². The van der Waals surface area contributed by atoms with E-state index in [4.69, 9.17) is 14.2 Å². The van der Waals surface area contributed by atoms with Crippen molar-refractivity contribution in [1.82, 2.24) is 0 Å². The number of carbonyl (C=O) groups is 2. The van der Waals surface area contributed by atoms with Crippen molar-refractivity contribution in [3.8, 4) is 11.5 Å². The topological polar surface area (TPSA) is 108 Å². The molecule has 0 atom stereocenters. The second-order valence-corrected chi connectivity index (χ2v) is 7.07. The fraction of sp³-hybridized carbons (Fsp3) is 0.364. The second kappa shape index (κ2) is 9.92. The van der Waals surface area contributed by atoms with Crippen LogP contribution in [0, 0.1) is 10.1 Å². The van der Waals surface area contributed by atoms with Gasteiger partial charge in [-0.2, -0.15) is 0 Å². The monoisotopic (exact) mass is 428 g/mol. The maximum atomic E-state index is 12.6. The highest BCUT2D eigenvalue weighted by Gasteiger charge is 2.25. The van der Waals surface area contributed by atoms with Gasteiger partial charge < -0.3 is 19.1 Å². The maximum absolute atomic E-state index is 12.6. The van der Waals surface area contributed by atoms with Crippen LogP contribution in [0.15, 0.2) is 36.4 Å². The number of amides is 1.